The molecule has 1 unspecified atom stereocenters. The summed E-state index contributed by atoms with van der Waals surface area (Å²) in [6.07, 6.45) is 12.8. The van der Waals surface area contributed by atoms with Crippen LogP contribution in [0, 0.1) is 0 Å². The molecule has 0 amide bonds. The van der Waals surface area contributed by atoms with Crippen LogP contribution in [0.5, 0.6) is 0 Å². The normalized spacial score (nSPS) is 13.6. The molecule has 0 aromatic heterocycles. The second-order valence-corrected chi connectivity index (χ2v) is 8.33. The number of unbranched alkanes of at least 4 members (excludes halogenated alkanes) is 8. The van der Waals surface area contributed by atoms with Crippen molar-refractivity contribution in [1.82, 2.24) is 0 Å². The molecule has 0 fully saturated rings. The lowest BCUT2D eigenvalue weighted by atomic mass is 10.1. The van der Waals surface area contributed by atoms with Crippen LogP contribution in [-0.2, 0) is 9.84 Å². The van der Waals surface area contributed by atoms with Crippen LogP contribution < -0.4 is 0 Å². The van der Waals surface area contributed by atoms with Crippen molar-refractivity contribution in [3.8, 4) is 0 Å². The second kappa shape index (κ2) is 11.7. The molecular weight excluding hydrogens is 256 g/mol. The van der Waals surface area contributed by atoms with Crippen molar-refractivity contribution >= 4 is 9.84 Å². The molecule has 0 radical (unpaired) electrons. The molecule has 0 saturated heterocycles. The third-order valence-electron chi connectivity index (χ3n) is 3.86. The van der Waals surface area contributed by atoms with Gasteiger partial charge in [0.1, 0.15) is 0 Å². The zero-order valence-corrected chi connectivity index (χ0v) is 14.1. The van der Waals surface area contributed by atoms with Crippen LogP contribution in [0.15, 0.2) is 0 Å². The third-order valence-corrected chi connectivity index (χ3v) is 6.18. The fraction of sp³-hybridized carbons (Fsp3) is 1.00. The van der Waals surface area contributed by atoms with E-state index in [0.717, 1.165) is 25.7 Å². The molecule has 0 rings (SSSR count). The highest BCUT2D eigenvalue weighted by atomic mass is 32.2. The molecule has 19 heavy (non-hydrogen) atoms. The van der Waals surface area contributed by atoms with Gasteiger partial charge in [-0.25, -0.2) is 8.42 Å². The van der Waals surface area contributed by atoms with Crippen LogP contribution >= 0.6 is 0 Å². The van der Waals surface area contributed by atoms with Gasteiger partial charge in [-0.2, -0.15) is 0 Å². The molecule has 116 valence electrons. The highest BCUT2D eigenvalue weighted by Gasteiger charge is 2.19. The van der Waals surface area contributed by atoms with Gasteiger partial charge in [0.2, 0.25) is 0 Å². The van der Waals surface area contributed by atoms with E-state index in [1.165, 1.54) is 44.9 Å². The minimum absolute atomic E-state index is 0.140. The maximum absolute atomic E-state index is 11.9. The molecule has 0 bridgehead atoms. The van der Waals surface area contributed by atoms with Gasteiger partial charge in [-0.3, -0.25) is 0 Å². The third kappa shape index (κ3) is 10.4. The van der Waals surface area contributed by atoms with Crippen LogP contribution in [0.25, 0.3) is 0 Å². The van der Waals surface area contributed by atoms with Crippen molar-refractivity contribution in [3.05, 3.63) is 0 Å². The van der Waals surface area contributed by atoms with E-state index in [2.05, 4.69) is 6.92 Å². The summed E-state index contributed by atoms with van der Waals surface area (Å²) in [7, 11) is -2.83. The Morgan fingerprint density at radius 2 is 1.21 bits per heavy atom. The van der Waals surface area contributed by atoms with E-state index in [9.17, 15) is 8.42 Å². The monoisotopic (exact) mass is 290 g/mol. The second-order valence-electron chi connectivity index (χ2n) is 5.79. The van der Waals surface area contributed by atoms with Crippen LogP contribution in [0.1, 0.15) is 91.4 Å². The lowest BCUT2D eigenvalue weighted by Gasteiger charge is -2.12. The fourth-order valence-electron chi connectivity index (χ4n) is 2.29. The zero-order chi connectivity index (χ0) is 14.6. The molecule has 0 aliphatic rings. The number of rotatable bonds is 13. The SMILES string of the molecule is CCCCCCCCCCC(C)S(=O)(=O)CCCC. The molecular formula is C16H34O2S. The van der Waals surface area contributed by atoms with Gasteiger partial charge in [-0.15, -0.1) is 0 Å². The van der Waals surface area contributed by atoms with E-state index in [1.807, 2.05) is 13.8 Å². The average molecular weight is 291 g/mol. The first kappa shape index (κ1) is 18.9. The highest BCUT2D eigenvalue weighted by Crippen LogP contribution is 2.15. The maximum atomic E-state index is 11.9. The lowest BCUT2D eigenvalue weighted by Crippen LogP contribution is -2.20. The molecule has 0 saturated carbocycles. The van der Waals surface area contributed by atoms with Gasteiger partial charge in [-0.1, -0.05) is 71.6 Å². The average Bonchev–Trinajstić information content (AvgIpc) is 2.39. The Morgan fingerprint density at radius 3 is 1.74 bits per heavy atom. The Balaban J connectivity index is 3.55. The Labute approximate surface area is 121 Å². The number of hydrogen-bond acceptors (Lipinski definition) is 2. The Bertz CT molecular complexity index is 283. The number of hydrogen-bond donors (Lipinski definition) is 0. The first-order chi connectivity index (χ1) is 9.04. The molecule has 0 aromatic rings. The molecule has 0 heterocycles. The lowest BCUT2D eigenvalue weighted by molar-refractivity contribution is 0.545. The van der Waals surface area contributed by atoms with Crippen LogP contribution in [0.4, 0.5) is 0 Å². The summed E-state index contributed by atoms with van der Waals surface area (Å²) in [6.45, 7) is 6.16. The van der Waals surface area contributed by atoms with Crippen LogP contribution in [0.3, 0.4) is 0 Å². The van der Waals surface area contributed by atoms with Gasteiger partial charge < -0.3 is 0 Å². The van der Waals surface area contributed by atoms with E-state index >= 15 is 0 Å². The van der Waals surface area contributed by atoms with E-state index in [4.69, 9.17) is 0 Å². The molecule has 2 nitrogen and oxygen atoms in total. The minimum Gasteiger partial charge on any atom is -0.229 e. The molecule has 0 spiro atoms. The van der Waals surface area contributed by atoms with Crippen LogP contribution in [0.2, 0.25) is 0 Å². The van der Waals surface area contributed by atoms with Crippen LogP contribution in [-0.4, -0.2) is 19.4 Å². The van der Waals surface area contributed by atoms with E-state index in [-0.39, 0.29) is 5.25 Å². The minimum atomic E-state index is -2.83. The topological polar surface area (TPSA) is 34.1 Å². The smallest absolute Gasteiger partial charge is 0.152 e. The van der Waals surface area contributed by atoms with Crippen molar-refractivity contribution in [1.29, 1.82) is 0 Å². The molecule has 0 N–H and O–H groups in total. The summed E-state index contributed by atoms with van der Waals surface area (Å²) >= 11 is 0. The Kier molecular flexibility index (Phi) is 11.7. The van der Waals surface area contributed by atoms with Gasteiger partial charge >= 0.3 is 0 Å². The van der Waals surface area contributed by atoms with Crippen molar-refractivity contribution in [3.63, 3.8) is 0 Å². The Hall–Kier alpha value is -0.0500. The fourth-order valence-corrected chi connectivity index (χ4v) is 3.91. The summed E-state index contributed by atoms with van der Waals surface area (Å²) in [5.74, 6) is 0.377. The Morgan fingerprint density at radius 1 is 0.737 bits per heavy atom. The van der Waals surface area contributed by atoms with E-state index < -0.39 is 9.84 Å². The van der Waals surface area contributed by atoms with Gasteiger partial charge in [0, 0.05) is 0 Å². The maximum Gasteiger partial charge on any atom is 0.152 e. The first-order valence-electron chi connectivity index (χ1n) is 8.26. The first-order valence-corrected chi connectivity index (χ1v) is 9.97. The summed E-state index contributed by atoms with van der Waals surface area (Å²) in [6, 6.07) is 0. The molecule has 0 aliphatic heterocycles. The standard InChI is InChI=1S/C16H34O2S/c1-4-6-8-9-10-11-12-13-14-16(3)19(17,18)15-7-5-2/h16H,4-15H2,1-3H3. The van der Waals surface area contributed by atoms with E-state index in [0.29, 0.717) is 5.75 Å². The van der Waals surface area contributed by atoms with Gasteiger partial charge in [0.05, 0.1) is 11.0 Å². The molecule has 0 aromatic carbocycles. The van der Waals surface area contributed by atoms with Gasteiger partial charge in [0.15, 0.2) is 9.84 Å². The van der Waals surface area contributed by atoms with Crippen molar-refractivity contribution in [2.75, 3.05) is 5.75 Å². The number of sulfone groups is 1. The summed E-state index contributed by atoms with van der Waals surface area (Å²) in [5, 5.41) is -0.140. The van der Waals surface area contributed by atoms with Gasteiger partial charge in [0.25, 0.3) is 0 Å². The quantitative estimate of drug-likeness (QED) is 0.441. The molecule has 0 aliphatic carbocycles. The van der Waals surface area contributed by atoms with E-state index in [1.54, 1.807) is 0 Å². The van der Waals surface area contributed by atoms with Gasteiger partial charge in [-0.05, 0) is 19.8 Å². The largest absolute Gasteiger partial charge is 0.229 e. The highest BCUT2D eigenvalue weighted by molar-refractivity contribution is 7.91. The zero-order valence-electron chi connectivity index (χ0n) is 13.3. The van der Waals surface area contributed by atoms with Crippen molar-refractivity contribution < 1.29 is 8.42 Å². The predicted octanol–water partition coefficient (Wildman–Crippen LogP) is 5.12. The predicted molar refractivity (Wildman–Crippen MR) is 85.4 cm³/mol. The van der Waals surface area contributed by atoms with Crippen molar-refractivity contribution in [2.45, 2.75) is 96.7 Å². The molecule has 3 heteroatoms. The summed E-state index contributed by atoms with van der Waals surface area (Å²) in [5.41, 5.74) is 0. The molecule has 1 atom stereocenters. The van der Waals surface area contributed by atoms with Crippen molar-refractivity contribution in [2.24, 2.45) is 0 Å². The summed E-state index contributed by atoms with van der Waals surface area (Å²) in [4.78, 5) is 0. The summed E-state index contributed by atoms with van der Waals surface area (Å²) < 4.78 is 23.9.